The number of H-pyrrole nitrogens is 1. The highest BCUT2D eigenvalue weighted by atomic mass is 79.9. The molecule has 0 atom stereocenters. The highest BCUT2D eigenvalue weighted by Crippen LogP contribution is 2.35. The average molecular weight is 323 g/mol. The molecule has 0 radical (unpaired) electrons. The maximum Gasteiger partial charge on any atom is 0.268 e. The quantitative estimate of drug-likeness (QED) is 0.820. The molecule has 0 unspecified atom stereocenters. The van der Waals surface area contributed by atoms with Gasteiger partial charge in [0, 0.05) is 29.7 Å². The van der Waals surface area contributed by atoms with Crippen molar-refractivity contribution in [3.63, 3.8) is 0 Å². The number of hydrogen-bond acceptors (Lipinski definition) is 2. The number of amides is 2. The van der Waals surface area contributed by atoms with Gasteiger partial charge in [-0.25, -0.2) is 4.39 Å². The molecular formula is C13H8BrFN2O2. The minimum absolute atomic E-state index is 0.199. The molecule has 6 heteroatoms. The van der Waals surface area contributed by atoms with Gasteiger partial charge < -0.3 is 4.98 Å². The van der Waals surface area contributed by atoms with Crippen LogP contribution in [0.5, 0.6) is 0 Å². The molecule has 0 fully saturated rings. The second-order valence-corrected chi connectivity index (χ2v) is 5.04. The molecule has 0 bridgehead atoms. The summed E-state index contributed by atoms with van der Waals surface area (Å²) < 4.78 is 13.5. The topological polar surface area (TPSA) is 53.2 Å². The minimum Gasteiger partial charge on any atom is -0.361 e. The zero-order valence-electron chi connectivity index (χ0n) is 9.83. The Balaban J connectivity index is 2.28. The molecule has 1 aliphatic rings. The number of aromatic amines is 1. The van der Waals surface area contributed by atoms with Crippen molar-refractivity contribution in [2.45, 2.75) is 0 Å². The molecule has 2 heterocycles. The maximum atomic E-state index is 13.3. The summed E-state index contributed by atoms with van der Waals surface area (Å²) in [7, 11) is 1.41. The Hall–Kier alpha value is -1.95. The summed E-state index contributed by atoms with van der Waals surface area (Å²) in [5, 5.41) is 0.573. The van der Waals surface area contributed by atoms with E-state index in [9.17, 15) is 14.0 Å². The van der Waals surface area contributed by atoms with Crippen LogP contribution in [0.4, 0.5) is 4.39 Å². The summed E-state index contributed by atoms with van der Waals surface area (Å²) in [6, 6.07) is 4.26. The molecule has 0 spiro atoms. The number of carbonyl (C=O) groups excluding carboxylic acids is 2. The van der Waals surface area contributed by atoms with Gasteiger partial charge in [-0.2, -0.15) is 0 Å². The number of imide groups is 1. The molecule has 3 rings (SSSR count). The third-order valence-electron chi connectivity index (χ3n) is 3.14. The van der Waals surface area contributed by atoms with E-state index < -0.39 is 17.6 Å². The molecule has 1 aromatic heterocycles. The number of fused-ring (bicyclic) bond motifs is 1. The van der Waals surface area contributed by atoms with Crippen molar-refractivity contribution < 1.29 is 14.0 Å². The monoisotopic (exact) mass is 322 g/mol. The number of likely N-dealkylation sites (N-methyl/N-ethyl adjacent to an activating group) is 1. The summed E-state index contributed by atoms with van der Waals surface area (Å²) in [5.74, 6) is -1.19. The molecule has 19 heavy (non-hydrogen) atoms. The second kappa shape index (κ2) is 4.03. The van der Waals surface area contributed by atoms with Crippen LogP contribution in [0.1, 0.15) is 5.56 Å². The van der Waals surface area contributed by atoms with Gasteiger partial charge in [-0.3, -0.25) is 14.5 Å². The third kappa shape index (κ3) is 1.63. The van der Waals surface area contributed by atoms with Crippen molar-refractivity contribution in [1.29, 1.82) is 0 Å². The van der Waals surface area contributed by atoms with E-state index in [4.69, 9.17) is 0 Å². The van der Waals surface area contributed by atoms with Gasteiger partial charge in [-0.15, -0.1) is 0 Å². The van der Waals surface area contributed by atoms with Crippen molar-refractivity contribution >= 4 is 44.2 Å². The largest absolute Gasteiger partial charge is 0.361 e. The molecule has 0 aliphatic carbocycles. The van der Waals surface area contributed by atoms with Crippen LogP contribution in [0.25, 0.3) is 16.5 Å². The van der Waals surface area contributed by atoms with E-state index in [1.165, 1.54) is 19.2 Å². The first-order valence-corrected chi connectivity index (χ1v) is 6.29. The molecular weight excluding hydrogens is 315 g/mol. The van der Waals surface area contributed by atoms with E-state index in [1.807, 2.05) is 0 Å². The van der Waals surface area contributed by atoms with Crippen LogP contribution in [-0.4, -0.2) is 28.7 Å². The van der Waals surface area contributed by atoms with E-state index in [-0.39, 0.29) is 10.1 Å². The third-order valence-corrected chi connectivity index (χ3v) is 3.88. The van der Waals surface area contributed by atoms with Crippen LogP contribution in [0.2, 0.25) is 0 Å². The Morgan fingerprint density at radius 3 is 2.63 bits per heavy atom. The van der Waals surface area contributed by atoms with Gasteiger partial charge >= 0.3 is 0 Å². The van der Waals surface area contributed by atoms with E-state index in [2.05, 4.69) is 20.9 Å². The zero-order chi connectivity index (χ0) is 13.7. The number of aromatic nitrogens is 1. The van der Waals surface area contributed by atoms with E-state index in [0.717, 1.165) is 4.90 Å². The number of nitrogens with one attached hydrogen (secondary N) is 1. The van der Waals surface area contributed by atoms with E-state index >= 15 is 0 Å². The predicted molar refractivity (Wildman–Crippen MR) is 71.9 cm³/mol. The van der Waals surface area contributed by atoms with Crippen LogP contribution >= 0.6 is 15.9 Å². The summed E-state index contributed by atoms with van der Waals surface area (Å²) in [6.45, 7) is 0. The van der Waals surface area contributed by atoms with Crippen molar-refractivity contribution in [1.82, 2.24) is 9.88 Å². The normalized spacial score (nSPS) is 16.1. The summed E-state index contributed by atoms with van der Waals surface area (Å²) >= 11 is 3.14. The second-order valence-electron chi connectivity index (χ2n) is 4.25. The lowest BCUT2D eigenvalue weighted by atomic mass is 10.1. The fourth-order valence-electron chi connectivity index (χ4n) is 2.14. The van der Waals surface area contributed by atoms with Gasteiger partial charge in [0.25, 0.3) is 11.8 Å². The van der Waals surface area contributed by atoms with Crippen LogP contribution in [0, 0.1) is 5.82 Å². The summed E-state index contributed by atoms with van der Waals surface area (Å²) in [6.07, 6.45) is 1.60. The molecule has 4 nitrogen and oxygen atoms in total. The number of hydrogen-bond donors (Lipinski definition) is 1. The van der Waals surface area contributed by atoms with Gasteiger partial charge in [-0.05, 0) is 34.1 Å². The first-order chi connectivity index (χ1) is 9.00. The van der Waals surface area contributed by atoms with Crippen molar-refractivity contribution in [2.75, 3.05) is 7.05 Å². The predicted octanol–water partition coefficient (Wildman–Crippen LogP) is 2.41. The van der Waals surface area contributed by atoms with Crippen LogP contribution in [0.3, 0.4) is 0 Å². The van der Waals surface area contributed by atoms with Gasteiger partial charge in [-0.1, -0.05) is 0 Å². The lowest BCUT2D eigenvalue weighted by Crippen LogP contribution is -2.26. The van der Waals surface area contributed by atoms with E-state index in [0.29, 0.717) is 16.5 Å². The van der Waals surface area contributed by atoms with Crippen molar-refractivity contribution in [3.8, 4) is 0 Å². The first-order valence-electron chi connectivity index (χ1n) is 5.50. The van der Waals surface area contributed by atoms with Gasteiger partial charge in [0.1, 0.15) is 5.82 Å². The highest BCUT2D eigenvalue weighted by molar-refractivity contribution is 9.12. The van der Waals surface area contributed by atoms with Crippen LogP contribution in [-0.2, 0) is 9.59 Å². The maximum absolute atomic E-state index is 13.3. The fraction of sp³-hybridized carbons (Fsp3) is 0.0769. The number of benzene rings is 1. The van der Waals surface area contributed by atoms with Crippen LogP contribution in [0.15, 0.2) is 28.9 Å². The van der Waals surface area contributed by atoms with Gasteiger partial charge in [0.05, 0.1) is 10.1 Å². The molecule has 1 aliphatic heterocycles. The molecule has 1 N–H and O–H groups in total. The number of halogens is 2. The lowest BCUT2D eigenvalue weighted by Gasteiger charge is -2.05. The fourth-order valence-corrected chi connectivity index (χ4v) is 2.79. The standard InChI is InChI=1S/C13H8BrFN2O2/c1-17-12(18)10(11(14)13(17)19)8-5-16-9-3-2-6(15)4-7(8)9/h2-5,16H,1H3. The number of rotatable bonds is 1. The molecule has 0 saturated heterocycles. The molecule has 2 aromatic rings. The number of nitrogens with zero attached hydrogens (tertiary/aromatic N) is 1. The first kappa shape index (κ1) is 12.1. The molecule has 0 saturated carbocycles. The SMILES string of the molecule is CN1C(=O)C(Br)=C(c2c[nH]c3ccc(F)cc23)C1=O. The van der Waals surface area contributed by atoms with Crippen LogP contribution < -0.4 is 0 Å². The lowest BCUT2D eigenvalue weighted by molar-refractivity contribution is -0.134. The zero-order valence-corrected chi connectivity index (χ0v) is 11.4. The molecule has 96 valence electrons. The Morgan fingerprint density at radius 2 is 2.00 bits per heavy atom. The molecule has 2 amide bonds. The Kier molecular flexibility index (Phi) is 2.56. The van der Waals surface area contributed by atoms with Crippen molar-refractivity contribution in [3.05, 3.63) is 40.3 Å². The van der Waals surface area contributed by atoms with Crippen molar-refractivity contribution in [2.24, 2.45) is 0 Å². The smallest absolute Gasteiger partial charge is 0.268 e. The van der Waals surface area contributed by atoms with Gasteiger partial charge in [0.2, 0.25) is 0 Å². The Labute approximate surface area is 116 Å². The number of carbonyl (C=O) groups is 2. The highest BCUT2D eigenvalue weighted by Gasteiger charge is 2.36. The minimum atomic E-state index is -0.401. The summed E-state index contributed by atoms with van der Waals surface area (Å²) in [4.78, 5) is 27.8. The summed E-state index contributed by atoms with van der Waals surface area (Å²) in [5.41, 5.74) is 1.48. The molecule has 1 aromatic carbocycles. The average Bonchev–Trinajstić information content (AvgIpc) is 2.86. The van der Waals surface area contributed by atoms with Gasteiger partial charge in [0.15, 0.2) is 0 Å². The Morgan fingerprint density at radius 1 is 1.26 bits per heavy atom. The Bertz CT molecular complexity index is 763. The van der Waals surface area contributed by atoms with E-state index in [1.54, 1.807) is 12.3 Å².